The molecule has 3 rings (SSSR count). The third-order valence-electron chi connectivity index (χ3n) is 4.66. The number of ether oxygens (including phenoxy) is 4. The first kappa shape index (κ1) is 21.4. The maximum absolute atomic E-state index is 12.9. The zero-order valence-electron chi connectivity index (χ0n) is 17.1. The zero-order chi connectivity index (χ0) is 21.5. The van der Waals surface area contributed by atoms with Gasteiger partial charge in [0, 0.05) is 12.6 Å². The molecule has 0 spiro atoms. The first-order valence-electron chi connectivity index (χ1n) is 9.45. The molecule has 30 heavy (non-hydrogen) atoms. The minimum atomic E-state index is -0.528. The summed E-state index contributed by atoms with van der Waals surface area (Å²) in [5.41, 5.74) is 0.738. The molecule has 1 saturated heterocycles. The summed E-state index contributed by atoms with van der Waals surface area (Å²) in [7, 11) is 4.61. The van der Waals surface area contributed by atoms with E-state index in [2.05, 4.69) is 9.97 Å². The summed E-state index contributed by atoms with van der Waals surface area (Å²) in [6.45, 7) is 1.03. The van der Waals surface area contributed by atoms with Crippen LogP contribution >= 0.6 is 0 Å². The molecule has 0 N–H and O–H groups in total. The smallest absolute Gasteiger partial charge is 0.316 e. The molecule has 0 saturated carbocycles. The largest absolute Gasteiger partial charge is 0.493 e. The number of carbonyl (C=O) groups excluding carboxylic acids is 1. The van der Waals surface area contributed by atoms with E-state index in [1.54, 1.807) is 23.1 Å². The van der Waals surface area contributed by atoms with E-state index in [9.17, 15) is 9.18 Å². The Kier molecular flexibility index (Phi) is 7.05. The average molecular weight is 417 g/mol. The third-order valence-corrected chi connectivity index (χ3v) is 4.66. The van der Waals surface area contributed by atoms with Crippen molar-refractivity contribution < 1.29 is 28.1 Å². The van der Waals surface area contributed by atoms with Gasteiger partial charge in [0.15, 0.2) is 17.3 Å². The molecule has 0 bridgehead atoms. The van der Waals surface area contributed by atoms with Gasteiger partial charge in [0.1, 0.15) is 6.10 Å². The molecule has 8 nitrogen and oxygen atoms in total. The van der Waals surface area contributed by atoms with E-state index < -0.39 is 5.82 Å². The number of hydrogen-bond acceptors (Lipinski definition) is 7. The zero-order valence-corrected chi connectivity index (χ0v) is 17.1. The van der Waals surface area contributed by atoms with Crippen LogP contribution in [0.3, 0.4) is 0 Å². The van der Waals surface area contributed by atoms with Crippen molar-refractivity contribution in [1.29, 1.82) is 0 Å². The Labute approximate surface area is 174 Å². The fraction of sp³-hybridized carbons (Fsp3) is 0.381. The molecule has 1 atom stereocenters. The molecule has 160 valence electrons. The Hall–Kier alpha value is -3.36. The van der Waals surface area contributed by atoms with Crippen molar-refractivity contribution in [3.05, 3.63) is 42.0 Å². The van der Waals surface area contributed by atoms with E-state index in [4.69, 9.17) is 18.9 Å². The second-order valence-electron chi connectivity index (χ2n) is 6.64. The second kappa shape index (κ2) is 9.91. The number of hydrogen-bond donors (Lipinski definition) is 0. The van der Waals surface area contributed by atoms with Gasteiger partial charge in [0.05, 0.1) is 40.3 Å². The van der Waals surface area contributed by atoms with E-state index in [0.717, 1.165) is 30.8 Å². The molecule has 1 amide bonds. The standard InChI is InChI=1S/C21H24FN3O5/c1-27-17-9-14(10-18(28-2)20(17)29-3)6-7-19(26)25-8-4-5-16(13-25)30-21-23-11-15(22)12-24-21/h6-7,9-12,16H,4-5,8,13H2,1-3H3/b7-6+. The summed E-state index contributed by atoms with van der Waals surface area (Å²) in [5.74, 6) is 0.837. The molecule has 1 unspecified atom stereocenters. The van der Waals surface area contributed by atoms with Gasteiger partial charge in [-0.3, -0.25) is 4.79 Å². The number of likely N-dealkylation sites (tertiary alicyclic amines) is 1. The van der Waals surface area contributed by atoms with Crippen LogP contribution in [0.25, 0.3) is 6.08 Å². The quantitative estimate of drug-likeness (QED) is 0.641. The van der Waals surface area contributed by atoms with Gasteiger partial charge in [0.2, 0.25) is 11.7 Å². The lowest BCUT2D eigenvalue weighted by Crippen LogP contribution is -2.43. The van der Waals surface area contributed by atoms with E-state index in [0.29, 0.717) is 30.3 Å². The number of piperidine rings is 1. The molecule has 2 aromatic rings. The summed E-state index contributed by atoms with van der Waals surface area (Å²) in [6, 6.07) is 3.63. The van der Waals surface area contributed by atoms with Crippen LogP contribution in [0.1, 0.15) is 18.4 Å². The van der Waals surface area contributed by atoms with Crippen molar-refractivity contribution in [3.63, 3.8) is 0 Å². The molecule has 1 aromatic heterocycles. The van der Waals surface area contributed by atoms with Gasteiger partial charge in [-0.25, -0.2) is 14.4 Å². The normalized spacial score (nSPS) is 16.4. The van der Waals surface area contributed by atoms with Gasteiger partial charge in [-0.2, -0.15) is 0 Å². The van der Waals surface area contributed by atoms with Crippen molar-refractivity contribution in [2.75, 3.05) is 34.4 Å². The molecule has 1 aliphatic heterocycles. The molecule has 1 aliphatic rings. The highest BCUT2D eigenvalue weighted by Crippen LogP contribution is 2.38. The summed E-state index contributed by atoms with van der Waals surface area (Å²) < 4.78 is 34.6. The number of methoxy groups -OCH3 is 3. The molecule has 9 heteroatoms. The molecule has 1 aromatic carbocycles. The highest BCUT2D eigenvalue weighted by molar-refractivity contribution is 5.92. The highest BCUT2D eigenvalue weighted by Gasteiger charge is 2.24. The Morgan fingerprint density at radius 1 is 1.13 bits per heavy atom. The van der Waals surface area contributed by atoms with Crippen molar-refractivity contribution >= 4 is 12.0 Å². The van der Waals surface area contributed by atoms with E-state index in [-0.39, 0.29) is 18.0 Å². The van der Waals surface area contributed by atoms with Gasteiger partial charge in [-0.1, -0.05) is 0 Å². The van der Waals surface area contributed by atoms with Gasteiger partial charge in [-0.15, -0.1) is 0 Å². The van der Waals surface area contributed by atoms with Crippen LogP contribution in [0, 0.1) is 5.82 Å². The molecular weight excluding hydrogens is 393 g/mol. The predicted octanol–water partition coefficient (Wildman–Crippen LogP) is 2.72. The molecular formula is C21H24FN3O5. The van der Waals surface area contributed by atoms with Crippen LogP contribution in [0.2, 0.25) is 0 Å². The molecule has 0 aliphatic carbocycles. The average Bonchev–Trinajstić information content (AvgIpc) is 2.78. The number of rotatable bonds is 7. The summed E-state index contributed by atoms with van der Waals surface area (Å²) in [6.07, 6.45) is 6.60. The van der Waals surface area contributed by atoms with Crippen molar-refractivity contribution in [3.8, 4) is 23.3 Å². The topological polar surface area (TPSA) is 83.0 Å². The Balaban J connectivity index is 1.66. The first-order chi connectivity index (χ1) is 14.5. The van der Waals surface area contributed by atoms with Gasteiger partial charge < -0.3 is 23.8 Å². The lowest BCUT2D eigenvalue weighted by Gasteiger charge is -2.31. The van der Waals surface area contributed by atoms with Crippen molar-refractivity contribution in [1.82, 2.24) is 14.9 Å². The summed E-state index contributed by atoms with van der Waals surface area (Å²) in [5, 5.41) is 0. The number of carbonyl (C=O) groups is 1. The van der Waals surface area contributed by atoms with E-state index >= 15 is 0 Å². The summed E-state index contributed by atoms with van der Waals surface area (Å²) in [4.78, 5) is 22.0. The predicted molar refractivity (Wildman–Crippen MR) is 107 cm³/mol. The number of benzene rings is 1. The van der Waals surface area contributed by atoms with Gasteiger partial charge in [0.25, 0.3) is 0 Å². The fourth-order valence-corrected chi connectivity index (χ4v) is 3.22. The SMILES string of the molecule is COc1cc(/C=C/C(=O)N2CCCC(Oc3ncc(F)cn3)C2)cc(OC)c1OC. The lowest BCUT2D eigenvalue weighted by molar-refractivity contribution is -0.128. The van der Waals surface area contributed by atoms with Crippen LogP contribution in [0.15, 0.2) is 30.6 Å². The lowest BCUT2D eigenvalue weighted by atomic mass is 10.1. The van der Waals surface area contributed by atoms with E-state index in [1.807, 2.05) is 0 Å². The maximum Gasteiger partial charge on any atom is 0.316 e. The number of aromatic nitrogens is 2. The van der Waals surface area contributed by atoms with Crippen molar-refractivity contribution in [2.24, 2.45) is 0 Å². The van der Waals surface area contributed by atoms with E-state index in [1.165, 1.54) is 27.4 Å². The van der Waals surface area contributed by atoms with Gasteiger partial charge in [-0.05, 0) is 36.6 Å². The Bertz CT molecular complexity index is 879. The molecule has 2 heterocycles. The van der Waals surface area contributed by atoms with Gasteiger partial charge >= 0.3 is 6.01 Å². The Morgan fingerprint density at radius 2 is 1.80 bits per heavy atom. The van der Waals surface area contributed by atoms with Crippen molar-refractivity contribution in [2.45, 2.75) is 18.9 Å². The van der Waals surface area contributed by atoms with Crippen LogP contribution in [-0.4, -0.2) is 61.3 Å². The molecule has 0 radical (unpaired) electrons. The minimum Gasteiger partial charge on any atom is -0.493 e. The van der Waals surface area contributed by atoms with Crippen LogP contribution in [-0.2, 0) is 4.79 Å². The molecule has 1 fully saturated rings. The fourth-order valence-electron chi connectivity index (χ4n) is 3.22. The number of amides is 1. The monoisotopic (exact) mass is 417 g/mol. The minimum absolute atomic E-state index is 0.101. The number of nitrogens with zero attached hydrogens (tertiary/aromatic N) is 3. The third kappa shape index (κ3) is 5.16. The number of halogens is 1. The van der Waals surface area contributed by atoms with Crippen LogP contribution in [0.5, 0.6) is 23.3 Å². The maximum atomic E-state index is 12.9. The summed E-state index contributed by atoms with van der Waals surface area (Å²) >= 11 is 0. The highest BCUT2D eigenvalue weighted by atomic mass is 19.1. The Morgan fingerprint density at radius 3 is 2.40 bits per heavy atom. The van der Waals surface area contributed by atoms with Crippen LogP contribution in [0.4, 0.5) is 4.39 Å². The second-order valence-corrected chi connectivity index (χ2v) is 6.64. The van der Waals surface area contributed by atoms with Crippen LogP contribution < -0.4 is 18.9 Å². The first-order valence-corrected chi connectivity index (χ1v) is 9.45.